The molecule has 0 aliphatic heterocycles. The third kappa shape index (κ3) is 2.33. The fourth-order valence-electron chi connectivity index (χ4n) is 1.39. The first-order valence-electron chi connectivity index (χ1n) is 4.56. The quantitative estimate of drug-likeness (QED) is 0.370. The van der Waals surface area contributed by atoms with Crippen LogP contribution in [0.3, 0.4) is 0 Å². The molecule has 0 aliphatic rings. The lowest BCUT2D eigenvalue weighted by atomic mass is 10.2. The molecule has 0 aliphatic carbocycles. The molecule has 0 N–H and O–H groups in total. The van der Waals surface area contributed by atoms with Gasteiger partial charge in [-0.15, -0.1) is 0 Å². The number of nitro benzene ring substituents is 1. The van der Waals surface area contributed by atoms with Crippen LogP contribution in [0.4, 0.5) is 5.69 Å². The fraction of sp³-hybridized carbons (Fsp3) is 0. The molecule has 2 aromatic rings. The predicted octanol–water partition coefficient (Wildman–Crippen LogP) is 2.20. The number of carbonyl (C=O) groups is 1. The van der Waals surface area contributed by atoms with Gasteiger partial charge in [-0.3, -0.25) is 14.9 Å². The fourth-order valence-corrected chi connectivity index (χ4v) is 1.78. The average Bonchev–Trinajstić information content (AvgIpc) is 2.75. The minimum Gasteiger partial charge on any atom is -0.298 e. The van der Waals surface area contributed by atoms with Crippen molar-refractivity contribution in [2.75, 3.05) is 0 Å². The number of aromatic nitrogens is 2. The second-order valence-electron chi connectivity index (χ2n) is 3.22. The Morgan fingerprint density at radius 3 is 2.76 bits per heavy atom. The highest BCUT2D eigenvalue weighted by Gasteiger charge is 2.14. The minimum atomic E-state index is -0.583. The molecule has 17 heavy (non-hydrogen) atoms. The van der Waals surface area contributed by atoms with Crippen molar-refractivity contribution in [2.24, 2.45) is 0 Å². The van der Waals surface area contributed by atoms with Crippen LogP contribution in [0.2, 0.25) is 0 Å². The molecular formula is C10H6IN3O3. The van der Waals surface area contributed by atoms with Crippen molar-refractivity contribution in [3.63, 3.8) is 0 Å². The first-order valence-corrected chi connectivity index (χ1v) is 5.64. The molecule has 0 saturated heterocycles. The molecular weight excluding hydrogens is 337 g/mol. The largest absolute Gasteiger partial charge is 0.298 e. The second kappa shape index (κ2) is 4.62. The van der Waals surface area contributed by atoms with Gasteiger partial charge in [0.15, 0.2) is 6.29 Å². The molecule has 0 radical (unpaired) electrons. The van der Waals surface area contributed by atoms with Gasteiger partial charge in [0.05, 0.1) is 25.9 Å². The first kappa shape index (κ1) is 11.7. The van der Waals surface area contributed by atoms with Crippen LogP contribution in [0.25, 0.3) is 5.69 Å². The monoisotopic (exact) mass is 343 g/mol. The highest BCUT2D eigenvalue weighted by Crippen LogP contribution is 2.20. The minimum absolute atomic E-state index is 0.0398. The van der Waals surface area contributed by atoms with Crippen LogP contribution in [0.15, 0.2) is 30.6 Å². The Bertz CT molecular complexity index is 594. The van der Waals surface area contributed by atoms with Gasteiger partial charge < -0.3 is 0 Å². The van der Waals surface area contributed by atoms with Gasteiger partial charge in [0.2, 0.25) is 0 Å². The maximum atomic E-state index is 10.8. The lowest BCUT2D eigenvalue weighted by Gasteiger charge is -2.02. The first-order chi connectivity index (χ1) is 8.11. The van der Waals surface area contributed by atoms with E-state index in [1.165, 1.54) is 12.1 Å². The molecule has 1 aromatic heterocycles. The number of nitro groups is 1. The Labute approximate surface area is 110 Å². The van der Waals surface area contributed by atoms with E-state index in [2.05, 4.69) is 27.7 Å². The van der Waals surface area contributed by atoms with E-state index in [0.717, 1.165) is 3.57 Å². The number of carbonyl (C=O) groups excluding carboxylic acids is 1. The molecule has 0 spiro atoms. The van der Waals surface area contributed by atoms with Crippen LogP contribution in [0, 0.1) is 13.7 Å². The van der Waals surface area contributed by atoms with Crippen LogP contribution in [-0.2, 0) is 0 Å². The molecule has 1 heterocycles. The van der Waals surface area contributed by atoms with Gasteiger partial charge in [0.25, 0.3) is 5.69 Å². The molecule has 0 amide bonds. The van der Waals surface area contributed by atoms with E-state index in [0.29, 0.717) is 12.0 Å². The van der Waals surface area contributed by atoms with Gasteiger partial charge in [-0.1, -0.05) is 0 Å². The zero-order valence-corrected chi connectivity index (χ0v) is 10.6. The van der Waals surface area contributed by atoms with Crippen LogP contribution >= 0.6 is 22.6 Å². The SMILES string of the molecule is O=Cc1cc(-n2cc(I)cn2)ccc1[N+](=O)[O-]. The molecule has 2 rings (SSSR count). The van der Waals surface area contributed by atoms with E-state index in [1.54, 1.807) is 23.1 Å². The van der Waals surface area contributed by atoms with E-state index in [9.17, 15) is 14.9 Å². The van der Waals surface area contributed by atoms with E-state index in [4.69, 9.17) is 0 Å². The lowest BCUT2D eigenvalue weighted by molar-refractivity contribution is -0.385. The standard InChI is InChI=1S/C10H6IN3O3/c11-8-4-12-13(5-8)9-1-2-10(14(16)17)7(3-9)6-15/h1-6H. The summed E-state index contributed by atoms with van der Waals surface area (Å²) in [6.07, 6.45) is 3.88. The summed E-state index contributed by atoms with van der Waals surface area (Å²) in [6.45, 7) is 0. The normalized spacial score (nSPS) is 10.2. The van der Waals surface area contributed by atoms with Gasteiger partial charge in [-0.2, -0.15) is 5.10 Å². The Hall–Kier alpha value is -1.77. The van der Waals surface area contributed by atoms with Crippen LogP contribution in [0.1, 0.15) is 10.4 Å². The smallest absolute Gasteiger partial charge is 0.280 e. The Balaban J connectivity index is 2.52. The molecule has 1 aromatic carbocycles. The summed E-state index contributed by atoms with van der Waals surface area (Å²) in [6, 6.07) is 4.29. The number of hydrogen-bond donors (Lipinski definition) is 0. The summed E-state index contributed by atoms with van der Waals surface area (Å²) in [7, 11) is 0. The molecule has 0 atom stereocenters. The van der Waals surface area contributed by atoms with Gasteiger partial charge in [0.1, 0.15) is 0 Å². The summed E-state index contributed by atoms with van der Waals surface area (Å²) in [5.41, 5.74) is 0.448. The van der Waals surface area contributed by atoms with E-state index in [-0.39, 0.29) is 11.3 Å². The number of benzene rings is 1. The number of hydrogen-bond acceptors (Lipinski definition) is 4. The van der Waals surface area contributed by atoms with E-state index < -0.39 is 4.92 Å². The third-order valence-electron chi connectivity index (χ3n) is 2.15. The molecule has 0 fully saturated rings. The molecule has 0 saturated carbocycles. The molecule has 86 valence electrons. The van der Waals surface area contributed by atoms with Crippen LogP contribution in [-0.4, -0.2) is 21.0 Å². The highest BCUT2D eigenvalue weighted by atomic mass is 127. The van der Waals surface area contributed by atoms with Crippen LogP contribution < -0.4 is 0 Å². The van der Waals surface area contributed by atoms with Crippen molar-refractivity contribution in [1.82, 2.24) is 9.78 Å². The maximum Gasteiger partial charge on any atom is 0.280 e. The molecule has 0 unspecified atom stereocenters. The number of halogens is 1. The van der Waals surface area contributed by atoms with Crippen molar-refractivity contribution in [2.45, 2.75) is 0 Å². The highest BCUT2D eigenvalue weighted by molar-refractivity contribution is 14.1. The topological polar surface area (TPSA) is 78.0 Å². The van der Waals surface area contributed by atoms with Gasteiger partial charge in [-0.05, 0) is 34.7 Å². The maximum absolute atomic E-state index is 10.8. The molecule has 7 heteroatoms. The Kier molecular flexibility index (Phi) is 3.18. The van der Waals surface area contributed by atoms with Crippen LogP contribution in [0.5, 0.6) is 0 Å². The van der Waals surface area contributed by atoms with E-state index >= 15 is 0 Å². The van der Waals surface area contributed by atoms with Crippen molar-refractivity contribution in [1.29, 1.82) is 0 Å². The number of nitrogens with zero attached hydrogens (tertiary/aromatic N) is 3. The lowest BCUT2D eigenvalue weighted by Crippen LogP contribution is -1.99. The van der Waals surface area contributed by atoms with Gasteiger partial charge in [0, 0.05) is 12.3 Å². The van der Waals surface area contributed by atoms with E-state index in [1.807, 2.05) is 0 Å². The number of rotatable bonds is 3. The van der Waals surface area contributed by atoms with Gasteiger partial charge in [-0.25, -0.2) is 4.68 Å². The van der Waals surface area contributed by atoms with Crippen molar-refractivity contribution in [3.05, 3.63) is 49.8 Å². The second-order valence-corrected chi connectivity index (χ2v) is 4.47. The summed E-state index contributed by atoms with van der Waals surface area (Å²) in [4.78, 5) is 20.9. The predicted molar refractivity (Wildman–Crippen MR) is 68.3 cm³/mol. The van der Waals surface area contributed by atoms with Crippen molar-refractivity contribution in [3.8, 4) is 5.69 Å². The Morgan fingerprint density at radius 2 is 2.24 bits per heavy atom. The van der Waals surface area contributed by atoms with Crippen molar-refractivity contribution >= 4 is 34.6 Å². The van der Waals surface area contributed by atoms with Crippen molar-refractivity contribution < 1.29 is 9.72 Å². The third-order valence-corrected chi connectivity index (χ3v) is 2.71. The average molecular weight is 343 g/mol. The molecule has 0 bridgehead atoms. The summed E-state index contributed by atoms with van der Waals surface area (Å²) < 4.78 is 2.49. The number of aldehydes is 1. The molecule has 6 nitrogen and oxygen atoms in total. The van der Waals surface area contributed by atoms with Gasteiger partial charge >= 0.3 is 0 Å². The zero-order chi connectivity index (χ0) is 12.4. The summed E-state index contributed by atoms with van der Waals surface area (Å²) in [5, 5.41) is 14.7. The zero-order valence-electron chi connectivity index (χ0n) is 8.41. The summed E-state index contributed by atoms with van der Waals surface area (Å²) >= 11 is 2.10. The summed E-state index contributed by atoms with van der Waals surface area (Å²) in [5.74, 6) is 0. The Morgan fingerprint density at radius 1 is 1.47 bits per heavy atom.